The Balaban J connectivity index is 0.000000191. The highest BCUT2D eigenvalue weighted by Crippen LogP contribution is 2.16. The van der Waals surface area contributed by atoms with Crippen LogP contribution in [0.1, 0.15) is 34.1 Å². The molecule has 0 aliphatic heterocycles. The van der Waals surface area contributed by atoms with Crippen molar-refractivity contribution in [2.45, 2.75) is 34.1 Å². The van der Waals surface area contributed by atoms with Crippen LogP contribution in [0, 0.1) is 0 Å². The maximum Gasteiger partial charge on any atom is 0.184 e. The van der Waals surface area contributed by atoms with Gasteiger partial charge in [-0.15, -0.1) is 0 Å². The Hall–Kier alpha value is -1.96. The summed E-state index contributed by atoms with van der Waals surface area (Å²) in [6, 6.07) is 0. The van der Waals surface area contributed by atoms with Crippen LogP contribution in [0.3, 0.4) is 0 Å². The molecule has 0 aromatic carbocycles. The van der Waals surface area contributed by atoms with Gasteiger partial charge in [-0.3, -0.25) is 9.59 Å². The fourth-order valence-corrected chi connectivity index (χ4v) is 1.95. The maximum atomic E-state index is 11.1. The summed E-state index contributed by atoms with van der Waals surface area (Å²) in [5, 5.41) is 0. The fraction of sp³-hybridized carbons (Fsp3) is 0.294. The first-order valence-corrected chi connectivity index (χ1v) is 6.31. The lowest BCUT2D eigenvalue weighted by molar-refractivity contribution is -0.113. The Kier molecular flexibility index (Phi) is 4.99. The molecule has 0 atom stereocenters. The molecule has 100 valence electrons. The van der Waals surface area contributed by atoms with E-state index in [4.69, 9.17) is 0 Å². The molecular weight excluding hydrogens is 236 g/mol. The molecule has 2 aliphatic carbocycles. The van der Waals surface area contributed by atoms with Crippen LogP contribution in [0.5, 0.6) is 0 Å². The third-order valence-electron chi connectivity index (χ3n) is 3.08. The molecule has 0 saturated carbocycles. The largest absolute Gasteiger partial charge is 0.289 e. The molecule has 0 amide bonds. The van der Waals surface area contributed by atoms with Crippen LogP contribution in [0.4, 0.5) is 0 Å². The second kappa shape index (κ2) is 6.28. The molecule has 2 nitrogen and oxygen atoms in total. The average Bonchev–Trinajstić information content (AvgIpc) is 2.33. The van der Waals surface area contributed by atoms with Crippen molar-refractivity contribution in [2.75, 3.05) is 0 Å². The highest BCUT2D eigenvalue weighted by atomic mass is 16.1. The summed E-state index contributed by atoms with van der Waals surface area (Å²) < 4.78 is 0. The second-order valence-corrected chi connectivity index (χ2v) is 4.90. The summed E-state index contributed by atoms with van der Waals surface area (Å²) in [5.41, 5.74) is 4.25. The number of allylic oxidation sites excluding steroid dienone is 9. The number of Topliss-reactive ketones (excluding diaryl/α,β-unsaturated/α-hetero) is 2. The zero-order valence-corrected chi connectivity index (χ0v) is 12.0. The average molecular weight is 256 g/mol. The first-order chi connectivity index (χ1) is 8.82. The summed E-state index contributed by atoms with van der Waals surface area (Å²) >= 11 is 0. The molecule has 0 spiro atoms. The van der Waals surface area contributed by atoms with Crippen molar-refractivity contribution in [3.05, 3.63) is 58.7 Å². The molecule has 2 rings (SSSR count). The van der Waals surface area contributed by atoms with Gasteiger partial charge in [0.15, 0.2) is 11.6 Å². The van der Waals surface area contributed by atoms with Crippen LogP contribution in [-0.4, -0.2) is 11.6 Å². The van der Waals surface area contributed by atoms with Crippen LogP contribution in [-0.2, 0) is 9.59 Å². The number of hydrogen-bond acceptors (Lipinski definition) is 2. The van der Waals surface area contributed by atoms with Gasteiger partial charge < -0.3 is 0 Å². The first kappa shape index (κ1) is 15.1. The topological polar surface area (TPSA) is 34.1 Å². The summed E-state index contributed by atoms with van der Waals surface area (Å²) in [6.07, 6.45) is 8.43. The number of hydrogen-bond donors (Lipinski definition) is 0. The van der Waals surface area contributed by atoms with Crippen molar-refractivity contribution in [1.29, 1.82) is 0 Å². The quantitative estimate of drug-likeness (QED) is 0.659. The van der Waals surface area contributed by atoms with Crippen LogP contribution in [0.25, 0.3) is 0 Å². The molecular formula is C17H20O2. The van der Waals surface area contributed by atoms with E-state index >= 15 is 0 Å². The van der Waals surface area contributed by atoms with Gasteiger partial charge in [-0.1, -0.05) is 18.7 Å². The van der Waals surface area contributed by atoms with Gasteiger partial charge in [-0.25, -0.2) is 0 Å². The Morgan fingerprint density at radius 3 is 1.53 bits per heavy atom. The van der Waals surface area contributed by atoms with Gasteiger partial charge >= 0.3 is 0 Å². The molecule has 19 heavy (non-hydrogen) atoms. The normalized spacial score (nSPS) is 18.8. The van der Waals surface area contributed by atoms with E-state index in [0.717, 1.165) is 34.3 Å². The molecule has 2 heteroatoms. The number of ketones is 2. The van der Waals surface area contributed by atoms with E-state index in [1.807, 2.05) is 39.8 Å². The van der Waals surface area contributed by atoms with Gasteiger partial charge in [0.1, 0.15) is 0 Å². The Bertz CT molecular complexity index is 508. The molecule has 0 radical (unpaired) electrons. The van der Waals surface area contributed by atoms with Crippen molar-refractivity contribution < 1.29 is 9.59 Å². The molecule has 0 saturated heterocycles. The highest BCUT2D eigenvalue weighted by Gasteiger charge is 2.10. The second-order valence-electron chi connectivity index (χ2n) is 4.90. The molecule has 0 bridgehead atoms. The van der Waals surface area contributed by atoms with Crippen LogP contribution in [0.15, 0.2) is 58.7 Å². The van der Waals surface area contributed by atoms with Crippen molar-refractivity contribution in [1.82, 2.24) is 0 Å². The zero-order valence-electron chi connectivity index (χ0n) is 12.0. The van der Waals surface area contributed by atoms with Gasteiger partial charge in [-0.2, -0.15) is 0 Å². The van der Waals surface area contributed by atoms with E-state index in [9.17, 15) is 9.59 Å². The fourth-order valence-electron chi connectivity index (χ4n) is 1.95. The monoisotopic (exact) mass is 256 g/mol. The number of rotatable bonds is 0. The molecule has 0 fully saturated rings. The number of carbonyl (C=O) groups is 2. The van der Waals surface area contributed by atoms with Crippen molar-refractivity contribution in [3.8, 4) is 0 Å². The summed E-state index contributed by atoms with van der Waals surface area (Å²) in [7, 11) is 0. The highest BCUT2D eigenvalue weighted by molar-refractivity contribution is 6.09. The van der Waals surface area contributed by atoms with Crippen molar-refractivity contribution in [2.24, 2.45) is 0 Å². The van der Waals surface area contributed by atoms with Crippen molar-refractivity contribution >= 4 is 11.6 Å². The van der Waals surface area contributed by atoms with Gasteiger partial charge in [0.05, 0.1) is 0 Å². The molecule has 0 N–H and O–H groups in total. The summed E-state index contributed by atoms with van der Waals surface area (Å²) in [5.74, 6) is 0.327. The van der Waals surface area contributed by atoms with E-state index in [1.165, 1.54) is 0 Å². The predicted molar refractivity (Wildman–Crippen MR) is 78.8 cm³/mol. The lowest BCUT2D eigenvalue weighted by atomic mass is 9.97. The Labute approximate surface area is 114 Å². The van der Waals surface area contributed by atoms with Gasteiger partial charge in [0.25, 0.3) is 0 Å². The smallest absolute Gasteiger partial charge is 0.184 e. The van der Waals surface area contributed by atoms with Gasteiger partial charge in [0, 0.05) is 0 Å². The SMILES string of the molecule is C=C1C=C(C)C(=O)C(C)=C1.CC1=CCC=C(C)C1=O. The predicted octanol–water partition coefficient (Wildman–Crippen LogP) is 3.87. The standard InChI is InChI=1S/C9H10O.C8H10O/c1-6-4-7(2)9(10)8(3)5-6;1-6-4-3-5-7(2)8(6)9/h4-5H,1H2,2-3H3;4-5H,3H2,1-2H3. The summed E-state index contributed by atoms with van der Waals surface area (Å²) in [6.45, 7) is 11.1. The summed E-state index contributed by atoms with van der Waals surface area (Å²) in [4.78, 5) is 22.1. The van der Waals surface area contributed by atoms with E-state index in [1.54, 1.807) is 12.2 Å². The van der Waals surface area contributed by atoms with Gasteiger partial charge in [0.2, 0.25) is 0 Å². The lowest BCUT2D eigenvalue weighted by Gasteiger charge is -2.07. The molecule has 2 aliphatic rings. The number of carbonyl (C=O) groups excluding carboxylic acids is 2. The van der Waals surface area contributed by atoms with E-state index < -0.39 is 0 Å². The molecule has 0 unspecified atom stereocenters. The van der Waals surface area contributed by atoms with Crippen LogP contribution < -0.4 is 0 Å². The van der Waals surface area contributed by atoms with Crippen LogP contribution in [0.2, 0.25) is 0 Å². The van der Waals surface area contributed by atoms with E-state index in [2.05, 4.69) is 6.58 Å². The molecule has 0 heterocycles. The third kappa shape index (κ3) is 4.02. The van der Waals surface area contributed by atoms with Crippen molar-refractivity contribution in [3.63, 3.8) is 0 Å². The Morgan fingerprint density at radius 2 is 1.16 bits per heavy atom. The van der Waals surface area contributed by atoms with E-state index in [-0.39, 0.29) is 11.6 Å². The third-order valence-corrected chi connectivity index (χ3v) is 3.08. The molecule has 0 aromatic rings. The van der Waals surface area contributed by atoms with E-state index in [0.29, 0.717) is 0 Å². The minimum atomic E-state index is 0.132. The first-order valence-electron chi connectivity index (χ1n) is 6.31. The maximum absolute atomic E-state index is 11.1. The Morgan fingerprint density at radius 1 is 0.789 bits per heavy atom. The molecule has 0 aromatic heterocycles. The zero-order chi connectivity index (χ0) is 14.6. The minimum Gasteiger partial charge on any atom is -0.289 e. The lowest BCUT2D eigenvalue weighted by Crippen LogP contribution is -2.05. The minimum absolute atomic E-state index is 0.132. The van der Waals surface area contributed by atoms with Gasteiger partial charge in [-0.05, 0) is 74.1 Å². The van der Waals surface area contributed by atoms with Crippen LogP contribution >= 0.6 is 0 Å².